The highest BCUT2D eigenvalue weighted by Crippen LogP contribution is 2.31. The minimum atomic E-state index is -0.539. The number of rotatable bonds is 3. The lowest BCUT2D eigenvalue weighted by Crippen LogP contribution is -2.19. The van der Waals surface area contributed by atoms with Crippen LogP contribution in [0.2, 0.25) is 0 Å². The first-order valence-electron chi connectivity index (χ1n) is 5.05. The molecule has 0 amide bonds. The summed E-state index contributed by atoms with van der Waals surface area (Å²) in [6, 6.07) is 2.28. The third-order valence-corrected chi connectivity index (χ3v) is 3.13. The average Bonchev–Trinajstić information content (AvgIpc) is 2.75. The first-order valence-corrected chi connectivity index (χ1v) is 5.85. The number of nitro groups is 1. The summed E-state index contributed by atoms with van der Waals surface area (Å²) in [6.45, 7) is 1.10. The third-order valence-electron chi connectivity index (χ3n) is 2.52. The van der Waals surface area contributed by atoms with Gasteiger partial charge in [0.25, 0.3) is 5.69 Å². The number of ether oxygens (including phenoxy) is 1. The van der Waals surface area contributed by atoms with Crippen molar-refractivity contribution >= 4 is 27.3 Å². The Morgan fingerprint density at radius 3 is 2.94 bits per heavy atom. The molecule has 0 aromatic heterocycles. The highest BCUT2D eigenvalue weighted by molar-refractivity contribution is 9.10. The highest BCUT2D eigenvalue weighted by Gasteiger charge is 2.22. The Labute approximate surface area is 105 Å². The van der Waals surface area contributed by atoms with E-state index in [1.165, 1.54) is 0 Å². The Kier molecular flexibility index (Phi) is 3.58. The SMILES string of the molecule is O=[N+]([O-])c1cc(Br)c(F)cc1NC1CCOC1. The second-order valence-electron chi connectivity index (χ2n) is 3.75. The fourth-order valence-electron chi connectivity index (χ4n) is 1.67. The first-order chi connectivity index (χ1) is 8.08. The molecule has 1 aromatic rings. The Morgan fingerprint density at radius 1 is 1.59 bits per heavy atom. The lowest BCUT2D eigenvalue weighted by molar-refractivity contribution is -0.384. The number of halogens is 2. The molecule has 7 heteroatoms. The molecule has 1 heterocycles. The fourth-order valence-corrected chi connectivity index (χ4v) is 2.00. The summed E-state index contributed by atoms with van der Waals surface area (Å²) in [6.07, 6.45) is 0.759. The average molecular weight is 305 g/mol. The van der Waals surface area contributed by atoms with E-state index in [-0.39, 0.29) is 21.9 Å². The van der Waals surface area contributed by atoms with Crippen LogP contribution in [0.4, 0.5) is 15.8 Å². The van der Waals surface area contributed by atoms with Crippen LogP contribution < -0.4 is 5.32 Å². The molecule has 0 bridgehead atoms. The predicted octanol–water partition coefficient (Wildman–Crippen LogP) is 2.70. The number of nitrogens with zero attached hydrogens (tertiary/aromatic N) is 1. The van der Waals surface area contributed by atoms with Gasteiger partial charge in [-0.2, -0.15) is 0 Å². The van der Waals surface area contributed by atoms with Crippen LogP contribution in [0, 0.1) is 15.9 Å². The van der Waals surface area contributed by atoms with Crippen molar-refractivity contribution in [2.75, 3.05) is 18.5 Å². The molecule has 1 atom stereocenters. The molecule has 5 nitrogen and oxygen atoms in total. The molecule has 17 heavy (non-hydrogen) atoms. The molecular weight excluding hydrogens is 295 g/mol. The third kappa shape index (κ3) is 2.73. The monoisotopic (exact) mass is 304 g/mol. The van der Waals surface area contributed by atoms with Gasteiger partial charge in [0.1, 0.15) is 11.5 Å². The van der Waals surface area contributed by atoms with E-state index in [1.807, 2.05) is 0 Å². The number of hydrogen-bond donors (Lipinski definition) is 1. The Morgan fingerprint density at radius 2 is 2.35 bits per heavy atom. The van der Waals surface area contributed by atoms with Gasteiger partial charge >= 0.3 is 0 Å². The topological polar surface area (TPSA) is 64.4 Å². The van der Waals surface area contributed by atoms with Crippen LogP contribution in [-0.4, -0.2) is 24.2 Å². The highest BCUT2D eigenvalue weighted by atomic mass is 79.9. The van der Waals surface area contributed by atoms with Gasteiger partial charge in [0.05, 0.1) is 22.0 Å². The van der Waals surface area contributed by atoms with Crippen LogP contribution in [0.3, 0.4) is 0 Å². The van der Waals surface area contributed by atoms with Gasteiger partial charge in [-0.25, -0.2) is 4.39 Å². The maximum atomic E-state index is 13.4. The largest absolute Gasteiger partial charge is 0.379 e. The molecular formula is C10H10BrFN2O3. The maximum absolute atomic E-state index is 13.4. The molecule has 1 N–H and O–H groups in total. The van der Waals surface area contributed by atoms with Crippen molar-refractivity contribution < 1.29 is 14.1 Å². The summed E-state index contributed by atoms with van der Waals surface area (Å²) >= 11 is 2.93. The van der Waals surface area contributed by atoms with Gasteiger partial charge < -0.3 is 10.1 Å². The van der Waals surface area contributed by atoms with Crippen molar-refractivity contribution in [1.29, 1.82) is 0 Å². The van der Waals surface area contributed by atoms with Crippen LogP contribution in [-0.2, 0) is 4.74 Å². The van der Waals surface area contributed by atoms with Gasteiger partial charge in [-0.15, -0.1) is 0 Å². The van der Waals surface area contributed by atoms with E-state index >= 15 is 0 Å². The van der Waals surface area contributed by atoms with E-state index in [9.17, 15) is 14.5 Å². The van der Waals surface area contributed by atoms with Crippen molar-refractivity contribution in [2.24, 2.45) is 0 Å². The standard InChI is InChI=1S/C10H10BrFN2O3/c11-7-3-10(14(15)16)9(4-8(7)12)13-6-1-2-17-5-6/h3-4,6,13H,1-2,5H2. The number of nitro benzene ring substituents is 1. The summed E-state index contributed by atoms with van der Waals surface area (Å²) < 4.78 is 18.6. The van der Waals surface area contributed by atoms with Gasteiger partial charge in [-0.05, 0) is 22.4 Å². The Balaban J connectivity index is 2.29. The molecule has 1 aromatic carbocycles. The summed E-state index contributed by atoms with van der Waals surface area (Å²) in [5, 5.41) is 13.8. The quantitative estimate of drug-likeness (QED) is 0.689. The van der Waals surface area contributed by atoms with Gasteiger partial charge in [0.2, 0.25) is 0 Å². The normalized spacial score (nSPS) is 19.3. The summed E-state index contributed by atoms with van der Waals surface area (Å²) in [5.74, 6) is -0.531. The molecule has 1 saturated heterocycles. The second-order valence-corrected chi connectivity index (χ2v) is 4.60. The summed E-state index contributed by atoms with van der Waals surface area (Å²) in [4.78, 5) is 10.3. The van der Waals surface area contributed by atoms with Crippen LogP contribution in [0.1, 0.15) is 6.42 Å². The molecule has 1 unspecified atom stereocenters. The molecule has 0 saturated carbocycles. The van der Waals surface area contributed by atoms with Crippen molar-refractivity contribution in [3.05, 3.63) is 32.5 Å². The zero-order valence-corrected chi connectivity index (χ0v) is 10.4. The maximum Gasteiger partial charge on any atom is 0.293 e. The smallest absolute Gasteiger partial charge is 0.293 e. The van der Waals surface area contributed by atoms with E-state index in [0.29, 0.717) is 13.2 Å². The minimum Gasteiger partial charge on any atom is -0.379 e. The van der Waals surface area contributed by atoms with Crippen LogP contribution >= 0.6 is 15.9 Å². The Hall–Kier alpha value is -1.21. The van der Waals surface area contributed by atoms with Crippen molar-refractivity contribution in [1.82, 2.24) is 0 Å². The number of nitrogens with one attached hydrogen (secondary N) is 1. The van der Waals surface area contributed by atoms with Crippen molar-refractivity contribution in [3.8, 4) is 0 Å². The first kappa shape index (κ1) is 12.3. The summed E-state index contributed by atoms with van der Waals surface area (Å²) in [5.41, 5.74) is 0.0383. The van der Waals surface area contributed by atoms with E-state index in [0.717, 1.165) is 18.6 Å². The Bertz CT molecular complexity index is 449. The van der Waals surface area contributed by atoms with Crippen LogP contribution in [0.5, 0.6) is 0 Å². The second kappa shape index (κ2) is 4.97. The molecule has 1 aliphatic heterocycles. The van der Waals surface area contributed by atoms with Gasteiger partial charge in [0.15, 0.2) is 0 Å². The zero-order chi connectivity index (χ0) is 12.4. The van der Waals surface area contributed by atoms with E-state index in [2.05, 4.69) is 21.2 Å². The molecule has 0 radical (unpaired) electrons. The molecule has 2 rings (SSSR count). The summed E-state index contributed by atoms with van der Waals surface area (Å²) in [7, 11) is 0. The lowest BCUT2D eigenvalue weighted by atomic mass is 10.2. The van der Waals surface area contributed by atoms with Crippen molar-refractivity contribution in [3.63, 3.8) is 0 Å². The predicted molar refractivity (Wildman–Crippen MR) is 63.6 cm³/mol. The molecule has 0 spiro atoms. The number of hydrogen-bond acceptors (Lipinski definition) is 4. The van der Waals surface area contributed by atoms with Crippen LogP contribution in [0.15, 0.2) is 16.6 Å². The van der Waals surface area contributed by atoms with Crippen LogP contribution in [0.25, 0.3) is 0 Å². The zero-order valence-electron chi connectivity index (χ0n) is 8.78. The lowest BCUT2D eigenvalue weighted by Gasteiger charge is -2.12. The molecule has 0 aliphatic carbocycles. The van der Waals surface area contributed by atoms with Crippen molar-refractivity contribution in [2.45, 2.75) is 12.5 Å². The molecule has 1 aliphatic rings. The molecule has 1 fully saturated rings. The van der Waals surface area contributed by atoms with Gasteiger partial charge in [-0.3, -0.25) is 10.1 Å². The number of anilines is 1. The van der Waals surface area contributed by atoms with Gasteiger partial charge in [0, 0.05) is 18.7 Å². The number of benzene rings is 1. The van der Waals surface area contributed by atoms with E-state index in [1.54, 1.807) is 0 Å². The molecule has 92 valence electrons. The fraction of sp³-hybridized carbons (Fsp3) is 0.400. The van der Waals surface area contributed by atoms with E-state index in [4.69, 9.17) is 4.74 Å². The van der Waals surface area contributed by atoms with E-state index < -0.39 is 10.7 Å². The minimum absolute atomic E-state index is 0.00530. The van der Waals surface area contributed by atoms with Gasteiger partial charge in [-0.1, -0.05) is 0 Å².